The summed E-state index contributed by atoms with van der Waals surface area (Å²) in [5.41, 5.74) is 4.09. The molecule has 3 nitrogen and oxygen atoms in total. The summed E-state index contributed by atoms with van der Waals surface area (Å²) in [6, 6.07) is 7.18. The van der Waals surface area contributed by atoms with E-state index in [1.165, 1.54) is 16.8 Å². The molecule has 0 saturated heterocycles. The summed E-state index contributed by atoms with van der Waals surface area (Å²) in [6.45, 7) is 15.8. The first-order chi connectivity index (χ1) is 9.74. The van der Waals surface area contributed by atoms with Crippen molar-refractivity contribution in [3.8, 4) is 0 Å². The molecule has 1 N–H and O–H groups in total. The number of hydrogen-bond donors (Lipinski definition) is 1. The van der Waals surface area contributed by atoms with Gasteiger partial charge in [0.25, 0.3) is 0 Å². The number of hydrogen-bond acceptors (Lipinski definition) is 3. The van der Waals surface area contributed by atoms with Crippen LogP contribution in [0.3, 0.4) is 0 Å². The molecule has 3 heteroatoms. The van der Waals surface area contributed by atoms with Gasteiger partial charge in [-0.25, -0.2) is 0 Å². The minimum atomic E-state index is 0.121. The minimum absolute atomic E-state index is 0.121. The molecule has 0 radical (unpaired) electrons. The van der Waals surface area contributed by atoms with Crippen molar-refractivity contribution < 1.29 is 4.74 Å². The highest BCUT2D eigenvalue weighted by Crippen LogP contribution is 2.24. The summed E-state index contributed by atoms with van der Waals surface area (Å²) in [6.07, 6.45) is 0. The lowest BCUT2D eigenvalue weighted by Gasteiger charge is -2.32. The van der Waals surface area contributed by atoms with Gasteiger partial charge in [-0.1, -0.05) is 17.7 Å². The summed E-state index contributed by atoms with van der Waals surface area (Å²) >= 11 is 0. The van der Waals surface area contributed by atoms with E-state index >= 15 is 0 Å². The monoisotopic (exact) mass is 292 g/mol. The molecule has 0 amide bonds. The SMILES string of the molecule is COCCN(c1ccc(C)cc1CNC(C)(C)C)C(C)C. The predicted octanol–water partition coefficient (Wildman–Crippen LogP) is 3.74. The summed E-state index contributed by atoms with van der Waals surface area (Å²) in [7, 11) is 1.76. The van der Waals surface area contributed by atoms with Gasteiger partial charge in [0.2, 0.25) is 0 Å². The van der Waals surface area contributed by atoms with Gasteiger partial charge in [0.1, 0.15) is 0 Å². The van der Waals surface area contributed by atoms with Crippen LogP contribution in [0.2, 0.25) is 0 Å². The molecule has 0 saturated carbocycles. The van der Waals surface area contributed by atoms with Gasteiger partial charge in [0, 0.05) is 37.5 Å². The van der Waals surface area contributed by atoms with Crippen LogP contribution < -0.4 is 10.2 Å². The fraction of sp³-hybridized carbons (Fsp3) is 0.667. The normalized spacial score (nSPS) is 12.0. The van der Waals surface area contributed by atoms with Crippen molar-refractivity contribution in [3.63, 3.8) is 0 Å². The Kier molecular flexibility index (Phi) is 6.69. The Balaban J connectivity index is 3.02. The molecule has 0 aromatic heterocycles. The van der Waals surface area contributed by atoms with E-state index in [1.807, 2.05) is 0 Å². The number of benzene rings is 1. The van der Waals surface area contributed by atoms with Crippen LogP contribution in [0.25, 0.3) is 0 Å². The Bertz CT molecular complexity index is 435. The molecular weight excluding hydrogens is 260 g/mol. The first-order valence-corrected chi connectivity index (χ1v) is 7.84. The molecule has 0 bridgehead atoms. The summed E-state index contributed by atoms with van der Waals surface area (Å²) in [5.74, 6) is 0. The molecule has 1 aromatic rings. The maximum Gasteiger partial charge on any atom is 0.0637 e. The van der Waals surface area contributed by atoms with Gasteiger partial charge in [-0.3, -0.25) is 0 Å². The second kappa shape index (κ2) is 7.81. The molecule has 1 rings (SSSR count). The van der Waals surface area contributed by atoms with Crippen LogP contribution in [-0.4, -0.2) is 31.8 Å². The first kappa shape index (κ1) is 18.0. The first-order valence-electron chi connectivity index (χ1n) is 7.84. The van der Waals surface area contributed by atoms with Crippen molar-refractivity contribution in [2.45, 2.75) is 59.7 Å². The zero-order valence-electron chi connectivity index (χ0n) is 14.8. The van der Waals surface area contributed by atoms with Crippen LogP contribution in [0.4, 0.5) is 5.69 Å². The van der Waals surface area contributed by atoms with E-state index in [9.17, 15) is 0 Å². The van der Waals surface area contributed by atoms with Crippen molar-refractivity contribution in [1.82, 2.24) is 5.32 Å². The number of anilines is 1. The van der Waals surface area contributed by atoms with Crippen LogP contribution in [0.1, 0.15) is 45.7 Å². The van der Waals surface area contributed by atoms with Crippen molar-refractivity contribution in [1.29, 1.82) is 0 Å². The largest absolute Gasteiger partial charge is 0.383 e. The minimum Gasteiger partial charge on any atom is -0.383 e. The number of nitrogens with one attached hydrogen (secondary N) is 1. The second-order valence-corrected chi connectivity index (χ2v) is 7.02. The maximum atomic E-state index is 5.26. The molecular formula is C18H32N2O. The molecule has 0 atom stereocenters. The third kappa shape index (κ3) is 6.06. The number of nitrogens with zero attached hydrogens (tertiary/aromatic N) is 1. The van der Waals surface area contributed by atoms with Gasteiger partial charge < -0.3 is 15.0 Å². The van der Waals surface area contributed by atoms with Crippen LogP contribution in [-0.2, 0) is 11.3 Å². The third-order valence-electron chi connectivity index (χ3n) is 3.51. The lowest BCUT2D eigenvalue weighted by molar-refractivity contribution is 0.203. The molecule has 0 heterocycles. The highest BCUT2D eigenvalue weighted by molar-refractivity contribution is 5.55. The molecule has 21 heavy (non-hydrogen) atoms. The van der Waals surface area contributed by atoms with E-state index < -0.39 is 0 Å². The van der Waals surface area contributed by atoms with E-state index in [0.717, 1.165) is 19.7 Å². The van der Waals surface area contributed by atoms with Crippen molar-refractivity contribution in [2.75, 3.05) is 25.2 Å². The Morgan fingerprint density at radius 2 is 1.90 bits per heavy atom. The topological polar surface area (TPSA) is 24.5 Å². The van der Waals surface area contributed by atoms with Gasteiger partial charge in [0.05, 0.1) is 6.61 Å². The van der Waals surface area contributed by atoms with Crippen LogP contribution in [0.5, 0.6) is 0 Å². The average molecular weight is 292 g/mol. The Hall–Kier alpha value is -1.06. The molecule has 0 spiro atoms. The van der Waals surface area contributed by atoms with Crippen LogP contribution in [0, 0.1) is 6.92 Å². The fourth-order valence-electron chi connectivity index (χ4n) is 2.34. The Morgan fingerprint density at radius 1 is 1.24 bits per heavy atom. The average Bonchev–Trinajstić information content (AvgIpc) is 2.37. The van der Waals surface area contributed by atoms with Crippen molar-refractivity contribution >= 4 is 5.69 Å². The smallest absolute Gasteiger partial charge is 0.0637 e. The van der Waals surface area contributed by atoms with Crippen molar-refractivity contribution in [3.05, 3.63) is 29.3 Å². The highest BCUT2D eigenvalue weighted by atomic mass is 16.5. The number of methoxy groups -OCH3 is 1. The van der Waals surface area contributed by atoms with Gasteiger partial charge in [0.15, 0.2) is 0 Å². The second-order valence-electron chi connectivity index (χ2n) is 7.02. The number of aryl methyl sites for hydroxylation is 1. The predicted molar refractivity (Wildman–Crippen MR) is 92.1 cm³/mol. The molecule has 0 aliphatic heterocycles. The molecule has 0 unspecified atom stereocenters. The summed E-state index contributed by atoms with van der Waals surface area (Å²) in [4.78, 5) is 2.42. The Labute approximate surface area is 130 Å². The highest BCUT2D eigenvalue weighted by Gasteiger charge is 2.16. The standard InChI is InChI=1S/C18H32N2O/c1-14(2)20(10-11-21-7)17-9-8-15(3)12-16(17)13-19-18(4,5)6/h8-9,12,14,19H,10-11,13H2,1-7H3. The van der Waals surface area contributed by atoms with E-state index in [2.05, 4.69) is 70.0 Å². The molecule has 120 valence electrons. The maximum absolute atomic E-state index is 5.26. The van der Waals surface area contributed by atoms with Gasteiger partial charge in [-0.05, 0) is 53.2 Å². The van der Waals surface area contributed by atoms with E-state index in [4.69, 9.17) is 4.74 Å². The molecule has 0 aliphatic carbocycles. The third-order valence-corrected chi connectivity index (χ3v) is 3.51. The van der Waals surface area contributed by atoms with Gasteiger partial charge in [-0.15, -0.1) is 0 Å². The summed E-state index contributed by atoms with van der Waals surface area (Å²) < 4.78 is 5.26. The van der Waals surface area contributed by atoms with Crippen LogP contribution in [0.15, 0.2) is 18.2 Å². The van der Waals surface area contributed by atoms with Gasteiger partial charge >= 0.3 is 0 Å². The lowest BCUT2D eigenvalue weighted by atomic mass is 10.0. The van der Waals surface area contributed by atoms with E-state index in [1.54, 1.807) is 7.11 Å². The zero-order valence-corrected chi connectivity index (χ0v) is 14.8. The summed E-state index contributed by atoms with van der Waals surface area (Å²) in [5, 5.41) is 3.60. The molecule has 0 fully saturated rings. The number of rotatable bonds is 7. The fourth-order valence-corrected chi connectivity index (χ4v) is 2.34. The van der Waals surface area contributed by atoms with E-state index in [-0.39, 0.29) is 5.54 Å². The number of ether oxygens (including phenoxy) is 1. The lowest BCUT2D eigenvalue weighted by Crippen LogP contribution is -2.37. The Morgan fingerprint density at radius 3 is 2.43 bits per heavy atom. The zero-order chi connectivity index (χ0) is 16.0. The molecule has 0 aliphatic rings. The van der Waals surface area contributed by atoms with Gasteiger partial charge in [-0.2, -0.15) is 0 Å². The van der Waals surface area contributed by atoms with E-state index in [0.29, 0.717) is 6.04 Å². The quantitative estimate of drug-likeness (QED) is 0.828. The molecule has 1 aromatic carbocycles. The van der Waals surface area contributed by atoms with Crippen LogP contribution >= 0.6 is 0 Å². The van der Waals surface area contributed by atoms with Crippen molar-refractivity contribution in [2.24, 2.45) is 0 Å².